The third kappa shape index (κ3) is 3.80. The van der Waals surface area contributed by atoms with Crippen molar-refractivity contribution in [3.8, 4) is 0 Å². The number of hydrogen-bond donors (Lipinski definition) is 0. The van der Waals surface area contributed by atoms with Crippen LogP contribution in [-0.2, 0) is 18.0 Å². The maximum Gasteiger partial charge on any atom is 0.192 e. The van der Waals surface area contributed by atoms with Gasteiger partial charge in [0.1, 0.15) is 12.0 Å². The van der Waals surface area contributed by atoms with Crippen LogP contribution in [0.2, 0.25) is 5.02 Å². The van der Waals surface area contributed by atoms with Gasteiger partial charge in [0.2, 0.25) is 0 Å². The molecule has 4 heterocycles. The third-order valence-electron chi connectivity index (χ3n) is 5.39. The van der Waals surface area contributed by atoms with Crippen LogP contribution in [0.25, 0.3) is 16.7 Å². The van der Waals surface area contributed by atoms with Crippen molar-refractivity contribution < 1.29 is 4.84 Å². The Hall–Kier alpha value is -3.78. The van der Waals surface area contributed by atoms with E-state index >= 15 is 0 Å². The molecule has 8 nitrogen and oxygen atoms in total. The average Bonchev–Trinajstić information content (AvgIpc) is 3.33. The van der Waals surface area contributed by atoms with Gasteiger partial charge in [0, 0.05) is 23.1 Å². The molecule has 0 aliphatic carbocycles. The van der Waals surface area contributed by atoms with Crippen molar-refractivity contribution in [1.82, 2.24) is 29.1 Å². The zero-order valence-electron chi connectivity index (χ0n) is 17.6. The van der Waals surface area contributed by atoms with Crippen LogP contribution in [0.5, 0.6) is 0 Å². The van der Waals surface area contributed by atoms with Crippen LogP contribution in [0.3, 0.4) is 0 Å². The first-order valence-electron chi connectivity index (χ1n) is 10.1. The summed E-state index contributed by atoms with van der Waals surface area (Å²) in [5, 5.41) is 10.2. The molecule has 1 aromatic carbocycles. The Balaban J connectivity index is 1.41. The highest BCUT2D eigenvalue weighted by molar-refractivity contribution is 6.30. The van der Waals surface area contributed by atoms with Gasteiger partial charge in [-0.15, -0.1) is 5.10 Å². The second-order valence-corrected chi connectivity index (χ2v) is 7.89. The van der Waals surface area contributed by atoms with E-state index in [0.29, 0.717) is 17.4 Å². The van der Waals surface area contributed by atoms with Gasteiger partial charge in [-0.25, -0.2) is 14.5 Å². The number of halogens is 1. The second kappa shape index (κ2) is 8.39. The lowest BCUT2D eigenvalue weighted by Crippen LogP contribution is -2.03. The summed E-state index contributed by atoms with van der Waals surface area (Å²) < 4.78 is 3.87. The Labute approximate surface area is 189 Å². The van der Waals surface area contributed by atoms with E-state index in [9.17, 15) is 0 Å². The van der Waals surface area contributed by atoms with Gasteiger partial charge in [-0.05, 0) is 48.7 Å². The van der Waals surface area contributed by atoms with Gasteiger partial charge in [-0.3, -0.25) is 4.98 Å². The molecule has 0 aliphatic heterocycles. The smallest absolute Gasteiger partial charge is 0.192 e. The maximum atomic E-state index is 5.89. The number of oxime groups is 1. The molecule has 0 fully saturated rings. The maximum absolute atomic E-state index is 5.89. The lowest BCUT2D eigenvalue weighted by molar-refractivity contribution is 0.126. The predicted octanol–water partition coefficient (Wildman–Crippen LogP) is 4.34. The van der Waals surface area contributed by atoms with Crippen molar-refractivity contribution in [2.75, 3.05) is 0 Å². The normalized spacial score (nSPS) is 11.7. The fourth-order valence-electron chi connectivity index (χ4n) is 3.65. The Morgan fingerprint density at radius 3 is 2.75 bits per heavy atom. The van der Waals surface area contributed by atoms with Crippen LogP contribution in [-0.4, -0.2) is 35.3 Å². The van der Waals surface area contributed by atoms with Crippen LogP contribution in [0.4, 0.5) is 0 Å². The van der Waals surface area contributed by atoms with Gasteiger partial charge in [0.15, 0.2) is 18.1 Å². The molecule has 5 rings (SSSR count). The van der Waals surface area contributed by atoms with E-state index in [1.807, 2.05) is 24.4 Å². The second-order valence-electron chi connectivity index (χ2n) is 7.46. The van der Waals surface area contributed by atoms with E-state index in [2.05, 4.69) is 49.7 Å². The first-order chi connectivity index (χ1) is 15.6. The van der Waals surface area contributed by atoms with Crippen LogP contribution in [0.15, 0.2) is 60.3 Å². The minimum absolute atomic E-state index is 0.154. The monoisotopic (exact) mass is 445 g/mol. The number of benzene rings is 1. The highest BCUT2D eigenvalue weighted by atomic mass is 35.5. The molecular weight excluding hydrogens is 426 g/mol. The molecule has 0 saturated carbocycles. The lowest BCUT2D eigenvalue weighted by atomic mass is 10.2. The van der Waals surface area contributed by atoms with Crippen molar-refractivity contribution in [3.63, 3.8) is 0 Å². The van der Waals surface area contributed by atoms with E-state index in [4.69, 9.17) is 16.4 Å². The summed E-state index contributed by atoms with van der Waals surface area (Å²) in [6.45, 7) is 5.02. The number of fused-ring (bicyclic) bond motifs is 3. The minimum atomic E-state index is 0.154. The van der Waals surface area contributed by atoms with Gasteiger partial charge < -0.3 is 9.40 Å². The zero-order valence-corrected chi connectivity index (χ0v) is 18.4. The van der Waals surface area contributed by atoms with Crippen LogP contribution >= 0.6 is 11.6 Å². The lowest BCUT2D eigenvalue weighted by Gasteiger charge is -2.07. The molecule has 0 unspecified atom stereocenters. The van der Waals surface area contributed by atoms with Gasteiger partial charge >= 0.3 is 0 Å². The summed E-state index contributed by atoms with van der Waals surface area (Å²) in [6, 6.07) is 11.3. The number of pyridine rings is 1. The molecule has 0 spiro atoms. The van der Waals surface area contributed by atoms with E-state index in [0.717, 1.165) is 39.1 Å². The molecule has 9 heteroatoms. The topological polar surface area (TPSA) is 82.5 Å². The number of nitrogens with zero attached hydrogens (tertiary/aromatic N) is 7. The Morgan fingerprint density at radius 2 is 1.97 bits per heavy atom. The number of rotatable bonds is 6. The molecule has 0 bridgehead atoms. The third-order valence-corrected chi connectivity index (χ3v) is 5.65. The molecule has 0 amide bonds. The minimum Gasteiger partial charge on any atom is -0.387 e. The van der Waals surface area contributed by atoms with Gasteiger partial charge in [0.05, 0.1) is 18.1 Å². The van der Waals surface area contributed by atoms with E-state index in [1.165, 1.54) is 0 Å². The molecular formula is C23H20ClN7O. The highest BCUT2D eigenvalue weighted by Crippen LogP contribution is 2.27. The number of aromatic nitrogens is 6. The molecule has 0 N–H and O–H groups in total. The number of aryl methyl sites for hydroxylation is 1. The van der Waals surface area contributed by atoms with E-state index < -0.39 is 0 Å². The molecule has 0 atom stereocenters. The van der Waals surface area contributed by atoms with Crippen LogP contribution < -0.4 is 0 Å². The Morgan fingerprint density at radius 1 is 1.12 bits per heavy atom. The van der Waals surface area contributed by atoms with Crippen molar-refractivity contribution in [2.45, 2.75) is 27.0 Å². The first kappa shape index (κ1) is 20.1. The van der Waals surface area contributed by atoms with Gasteiger partial charge in [-0.2, -0.15) is 0 Å². The van der Waals surface area contributed by atoms with Crippen molar-refractivity contribution >= 4 is 34.5 Å². The summed E-state index contributed by atoms with van der Waals surface area (Å²) in [4.78, 5) is 19.0. The Bertz CT molecular complexity index is 1420. The summed E-state index contributed by atoms with van der Waals surface area (Å²) in [6.07, 6.45) is 6.95. The molecule has 5 aromatic rings. The van der Waals surface area contributed by atoms with E-state index in [1.54, 1.807) is 35.4 Å². The fourth-order valence-corrected chi connectivity index (χ4v) is 3.77. The molecule has 160 valence electrons. The van der Waals surface area contributed by atoms with Crippen molar-refractivity contribution in [2.24, 2.45) is 5.16 Å². The summed E-state index contributed by atoms with van der Waals surface area (Å²) in [5.74, 6) is 0.532. The predicted molar refractivity (Wildman–Crippen MR) is 123 cm³/mol. The molecule has 32 heavy (non-hydrogen) atoms. The average molecular weight is 446 g/mol. The van der Waals surface area contributed by atoms with Gasteiger partial charge in [0.25, 0.3) is 0 Å². The number of hydrogen-bond acceptors (Lipinski definition) is 6. The Kier molecular flexibility index (Phi) is 5.28. The van der Waals surface area contributed by atoms with E-state index in [-0.39, 0.29) is 6.61 Å². The molecule has 0 radical (unpaired) electrons. The largest absolute Gasteiger partial charge is 0.387 e. The zero-order chi connectivity index (χ0) is 22.1. The summed E-state index contributed by atoms with van der Waals surface area (Å²) >= 11 is 5.89. The molecule has 0 saturated heterocycles. The SMILES string of the molecule is Cc1c(C)n(Cc2cccnc2)c2ncn3nc(CO/N=C\c4ccc(Cl)cc4)nc3c12. The highest BCUT2D eigenvalue weighted by Gasteiger charge is 2.18. The molecule has 0 aliphatic rings. The quantitative estimate of drug-likeness (QED) is 0.287. The standard InChI is InChI=1S/C23H20ClN7O/c1-15-16(2)30(12-18-4-3-9-25-10-18)22-21(15)23-28-20(29-31(23)14-26-22)13-32-27-11-17-5-7-19(24)8-6-17/h3-11,14H,12-13H2,1-2H3/b27-11-. The van der Waals surface area contributed by atoms with Crippen molar-refractivity contribution in [3.05, 3.63) is 88.4 Å². The summed E-state index contributed by atoms with van der Waals surface area (Å²) in [5.41, 5.74) is 5.89. The summed E-state index contributed by atoms with van der Waals surface area (Å²) in [7, 11) is 0. The fraction of sp³-hybridized carbons (Fsp3) is 0.174. The van der Waals surface area contributed by atoms with Gasteiger partial charge in [-0.1, -0.05) is 35.0 Å². The van der Waals surface area contributed by atoms with Crippen LogP contribution in [0, 0.1) is 13.8 Å². The molecule has 4 aromatic heterocycles. The van der Waals surface area contributed by atoms with Crippen molar-refractivity contribution in [1.29, 1.82) is 0 Å². The van der Waals surface area contributed by atoms with Crippen LogP contribution in [0.1, 0.15) is 28.2 Å². The first-order valence-corrected chi connectivity index (χ1v) is 10.5.